The molecule has 7 heteroatoms. The van der Waals surface area contributed by atoms with E-state index in [0.717, 1.165) is 29.8 Å². The fourth-order valence-electron chi connectivity index (χ4n) is 3.79. The Balaban J connectivity index is 0.00000182. The Hall–Kier alpha value is -1.50. The average molecular weight is 428 g/mol. The van der Waals surface area contributed by atoms with E-state index in [1.54, 1.807) is 12.1 Å². The van der Waals surface area contributed by atoms with Crippen LogP contribution in [0.5, 0.6) is 0 Å². The number of allylic oxidation sites excluding steroid dienone is 2. The Morgan fingerprint density at radius 3 is 2.56 bits per heavy atom. The molecule has 1 aliphatic carbocycles. The molecule has 4 nitrogen and oxygen atoms in total. The van der Waals surface area contributed by atoms with Crippen LogP contribution in [0.4, 0.5) is 4.39 Å². The van der Waals surface area contributed by atoms with E-state index < -0.39 is 5.92 Å². The number of halogens is 3. The summed E-state index contributed by atoms with van der Waals surface area (Å²) in [4.78, 5) is 25.2. The molecule has 1 aromatic rings. The number of hydrogen-bond acceptors (Lipinski definition) is 4. The van der Waals surface area contributed by atoms with Gasteiger partial charge in [-0.2, -0.15) is 0 Å². The molecule has 2 heterocycles. The minimum atomic E-state index is -0.407. The number of rotatable bonds is 1. The van der Waals surface area contributed by atoms with Gasteiger partial charge in [-0.25, -0.2) is 4.39 Å². The van der Waals surface area contributed by atoms with Crippen LogP contribution in [0.1, 0.15) is 30.7 Å². The first-order valence-electron chi connectivity index (χ1n) is 8.01. The lowest BCUT2D eigenvalue weighted by Gasteiger charge is -2.37. The predicted molar refractivity (Wildman–Crippen MR) is 98.0 cm³/mol. The maximum absolute atomic E-state index is 13.7. The topological polar surface area (TPSA) is 58.2 Å². The fourth-order valence-corrected chi connectivity index (χ4v) is 4.18. The molecule has 0 saturated carbocycles. The molecule has 0 spiro atoms. The lowest BCUT2D eigenvalue weighted by Crippen LogP contribution is -2.44. The van der Waals surface area contributed by atoms with E-state index >= 15 is 0 Å². The molecule has 0 fully saturated rings. The zero-order valence-corrected chi connectivity index (χ0v) is 15.7. The van der Waals surface area contributed by atoms with Crippen LogP contribution in [0.25, 0.3) is 0 Å². The van der Waals surface area contributed by atoms with Crippen LogP contribution in [0.3, 0.4) is 0 Å². The van der Waals surface area contributed by atoms with E-state index in [1.807, 2.05) is 0 Å². The SMILES string of the molecule is Cl.O=C1CCCC2=C1C(c1ccc(F)c(Br)c1)C1=C(CNCC1=O)N2. The molecule has 0 aromatic heterocycles. The average Bonchev–Trinajstić information content (AvgIpc) is 2.56. The first-order valence-corrected chi connectivity index (χ1v) is 8.80. The molecule has 2 N–H and O–H groups in total. The maximum atomic E-state index is 13.7. The summed E-state index contributed by atoms with van der Waals surface area (Å²) < 4.78 is 14.0. The van der Waals surface area contributed by atoms with E-state index in [-0.39, 0.29) is 36.3 Å². The van der Waals surface area contributed by atoms with Crippen LogP contribution in [-0.4, -0.2) is 24.7 Å². The molecule has 2 aliphatic heterocycles. The zero-order valence-electron chi connectivity index (χ0n) is 13.3. The van der Waals surface area contributed by atoms with E-state index in [9.17, 15) is 14.0 Å². The summed E-state index contributed by atoms with van der Waals surface area (Å²) in [6.45, 7) is 0.834. The van der Waals surface area contributed by atoms with Crippen molar-refractivity contribution in [2.24, 2.45) is 0 Å². The third-order valence-electron chi connectivity index (χ3n) is 4.83. The third-order valence-corrected chi connectivity index (χ3v) is 5.43. The number of nitrogens with one attached hydrogen (secondary N) is 2. The summed E-state index contributed by atoms with van der Waals surface area (Å²) in [7, 11) is 0. The molecule has 0 amide bonds. The van der Waals surface area contributed by atoms with Crippen LogP contribution >= 0.6 is 28.3 Å². The largest absolute Gasteiger partial charge is 0.360 e. The minimum Gasteiger partial charge on any atom is -0.360 e. The Morgan fingerprint density at radius 2 is 1.80 bits per heavy atom. The molecular formula is C18H17BrClFN2O2. The van der Waals surface area contributed by atoms with Crippen molar-refractivity contribution in [1.82, 2.24) is 10.6 Å². The Bertz CT molecular complexity index is 792. The number of carbonyl (C=O) groups is 2. The summed E-state index contributed by atoms with van der Waals surface area (Å²) in [5, 5.41) is 6.40. The number of Topliss-reactive ketones (excluding diaryl/α,β-unsaturated/α-hetero) is 2. The highest BCUT2D eigenvalue weighted by Gasteiger charge is 2.40. The number of carbonyl (C=O) groups excluding carboxylic acids is 2. The van der Waals surface area contributed by atoms with Gasteiger partial charge in [0.2, 0.25) is 0 Å². The van der Waals surface area contributed by atoms with Gasteiger partial charge in [-0.05, 0) is 46.5 Å². The fraction of sp³-hybridized carbons (Fsp3) is 0.333. The Morgan fingerprint density at radius 1 is 1.04 bits per heavy atom. The van der Waals surface area contributed by atoms with Crippen LogP contribution < -0.4 is 10.6 Å². The molecule has 0 bridgehead atoms. The van der Waals surface area contributed by atoms with E-state index in [2.05, 4.69) is 26.6 Å². The smallest absolute Gasteiger partial charge is 0.175 e. The number of dihydropyridines is 1. The first-order chi connectivity index (χ1) is 11.6. The molecule has 25 heavy (non-hydrogen) atoms. The second-order valence-electron chi connectivity index (χ2n) is 6.32. The molecule has 0 radical (unpaired) electrons. The summed E-state index contributed by atoms with van der Waals surface area (Å²) in [6, 6.07) is 4.72. The second-order valence-corrected chi connectivity index (χ2v) is 7.17. The highest BCUT2D eigenvalue weighted by atomic mass is 79.9. The van der Waals surface area contributed by atoms with Gasteiger partial charge in [0.15, 0.2) is 11.6 Å². The molecule has 132 valence electrons. The number of ketones is 2. The van der Waals surface area contributed by atoms with Gasteiger partial charge in [0.05, 0.1) is 11.0 Å². The van der Waals surface area contributed by atoms with Gasteiger partial charge in [0.25, 0.3) is 0 Å². The van der Waals surface area contributed by atoms with Crippen molar-refractivity contribution >= 4 is 39.9 Å². The molecule has 1 atom stereocenters. The summed E-state index contributed by atoms with van der Waals surface area (Å²) >= 11 is 3.21. The van der Waals surface area contributed by atoms with Crippen molar-refractivity contribution in [2.45, 2.75) is 25.2 Å². The lowest BCUT2D eigenvalue weighted by atomic mass is 9.73. The van der Waals surface area contributed by atoms with Crippen molar-refractivity contribution in [3.8, 4) is 0 Å². The highest BCUT2D eigenvalue weighted by Crippen LogP contribution is 2.43. The van der Waals surface area contributed by atoms with E-state index in [4.69, 9.17) is 0 Å². The molecule has 3 aliphatic rings. The maximum Gasteiger partial charge on any atom is 0.175 e. The summed E-state index contributed by atoms with van der Waals surface area (Å²) in [6.07, 6.45) is 2.10. The monoisotopic (exact) mass is 426 g/mol. The number of hydrogen-bond donors (Lipinski definition) is 2. The van der Waals surface area contributed by atoms with Gasteiger partial charge in [-0.3, -0.25) is 9.59 Å². The number of benzene rings is 1. The Labute approximate surface area is 159 Å². The molecule has 1 unspecified atom stereocenters. The van der Waals surface area contributed by atoms with Gasteiger partial charge in [0, 0.05) is 41.4 Å². The van der Waals surface area contributed by atoms with Gasteiger partial charge >= 0.3 is 0 Å². The van der Waals surface area contributed by atoms with Gasteiger partial charge in [0.1, 0.15) is 5.82 Å². The lowest BCUT2D eigenvalue weighted by molar-refractivity contribution is -0.116. The van der Waals surface area contributed by atoms with Crippen molar-refractivity contribution in [3.63, 3.8) is 0 Å². The second kappa shape index (κ2) is 7.02. The van der Waals surface area contributed by atoms with Crippen molar-refractivity contribution in [2.75, 3.05) is 13.1 Å². The Kier molecular flexibility index (Phi) is 5.14. The first kappa shape index (κ1) is 18.3. The van der Waals surface area contributed by atoms with Crippen LogP contribution in [0.2, 0.25) is 0 Å². The normalized spacial score (nSPS) is 22.9. The predicted octanol–water partition coefficient (Wildman–Crippen LogP) is 3.13. The highest BCUT2D eigenvalue weighted by molar-refractivity contribution is 9.10. The minimum absolute atomic E-state index is 0. The summed E-state index contributed by atoms with van der Waals surface area (Å²) in [5.74, 6) is -0.704. The molecule has 0 saturated heterocycles. The quantitative estimate of drug-likeness (QED) is 0.723. The van der Waals surface area contributed by atoms with Crippen molar-refractivity contribution < 1.29 is 14.0 Å². The van der Waals surface area contributed by atoms with Gasteiger partial charge in [-0.1, -0.05) is 6.07 Å². The standard InChI is InChI=1S/C18H16BrFN2O2.ClH/c19-10-6-9(4-5-11(10)20)16-17-12(2-1-3-14(17)23)22-13-7-21-8-15(24)18(13)16;/h4-6,16,21-22H,1-3,7-8H2;1H. The molecule has 4 rings (SSSR count). The van der Waals surface area contributed by atoms with Gasteiger partial charge < -0.3 is 10.6 Å². The summed E-state index contributed by atoms with van der Waals surface area (Å²) in [5.41, 5.74) is 3.84. The van der Waals surface area contributed by atoms with Crippen molar-refractivity contribution in [1.29, 1.82) is 0 Å². The zero-order chi connectivity index (χ0) is 16.8. The van der Waals surface area contributed by atoms with E-state index in [1.165, 1.54) is 6.07 Å². The third kappa shape index (κ3) is 3.07. The molecule has 1 aromatic carbocycles. The van der Waals surface area contributed by atoms with Crippen LogP contribution in [0, 0.1) is 5.82 Å². The molecular weight excluding hydrogens is 411 g/mol. The van der Waals surface area contributed by atoms with Crippen LogP contribution in [0.15, 0.2) is 45.2 Å². The van der Waals surface area contributed by atoms with Gasteiger partial charge in [-0.15, -0.1) is 12.4 Å². The van der Waals surface area contributed by atoms with Crippen LogP contribution in [-0.2, 0) is 9.59 Å². The van der Waals surface area contributed by atoms with Crippen molar-refractivity contribution in [3.05, 3.63) is 56.6 Å². The van der Waals surface area contributed by atoms with E-state index in [0.29, 0.717) is 28.6 Å².